The Morgan fingerprint density at radius 3 is 2.54 bits per heavy atom. The van der Waals surface area contributed by atoms with Gasteiger partial charge in [0.05, 0.1) is 35.6 Å². The van der Waals surface area contributed by atoms with Crippen molar-refractivity contribution in [3.05, 3.63) is 137 Å². The van der Waals surface area contributed by atoms with Gasteiger partial charge in [-0.25, -0.2) is 0 Å². The Balaban J connectivity index is 1.33. The average Bonchev–Trinajstić information content (AvgIpc) is 3.80. The first-order chi connectivity index (χ1) is 31.8. The number of oxime groups is 1. The van der Waals surface area contributed by atoms with Gasteiger partial charge < -0.3 is 43.6 Å². The van der Waals surface area contributed by atoms with Crippen molar-refractivity contribution in [3.63, 3.8) is 0 Å². The lowest BCUT2D eigenvalue weighted by atomic mass is 9.55. The number of nitrogens with zero attached hydrogens (tertiary/aromatic N) is 4. The monoisotopic (exact) mass is 882 g/mol. The smallest absolute Gasteiger partial charge is 0.254 e. The third kappa shape index (κ3) is 9.62. The SMILES string of the molecule is C=CCOC12Oc3ccc(OCc4cccc(C)n4)cc3C3C(CCCCO)C(CCCCO)C=C(C(=NOCC)CC1N(Cc1ccc4c(c1)OCO4)C(=O)c1ccc(C#N)cc1)C32. The minimum absolute atomic E-state index is 0.0284. The fourth-order valence-corrected chi connectivity index (χ4v) is 10.1. The summed E-state index contributed by atoms with van der Waals surface area (Å²) in [5.41, 5.74) is 5.92. The number of unbranched alkanes of at least 4 members (excludes halogenated alkanes) is 2. The first kappa shape index (κ1) is 45.4. The molecule has 0 spiro atoms. The maximum atomic E-state index is 15.4. The number of amides is 1. The number of pyridine rings is 1. The van der Waals surface area contributed by atoms with Gasteiger partial charge >= 0.3 is 0 Å². The molecule has 4 aromatic rings. The summed E-state index contributed by atoms with van der Waals surface area (Å²) >= 11 is 0. The number of carbonyl (C=O) groups excluding carboxylic acids is 1. The predicted molar refractivity (Wildman–Crippen MR) is 243 cm³/mol. The van der Waals surface area contributed by atoms with Gasteiger partial charge in [-0.2, -0.15) is 5.26 Å². The van der Waals surface area contributed by atoms with Gasteiger partial charge in [-0.3, -0.25) is 9.78 Å². The molecule has 340 valence electrons. The minimum Gasteiger partial charge on any atom is -0.487 e. The van der Waals surface area contributed by atoms with Crippen molar-refractivity contribution in [1.29, 1.82) is 5.26 Å². The summed E-state index contributed by atoms with van der Waals surface area (Å²) in [6.45, 7) is 9.05. The molecule has 1 fully saturated rings. The quantitative estimate of drug-likeness (QED) is 0.0496. The summed E-state index contributed by atoms with van der Waals surface area (Å²) in [4.78, 5) is 27.8. The Morgan fingerprint density at radius 2 is 1.78 bits per heavy atom. The number of ether oxygens (including phenoxy) is 5. The second-order valence-corrected chi connectivity index (χ2v) is 17.1. The number of nitriles is 1. The Hall–Kier alpha value is -6.20. The summed E-state index contributed by atoms with van der Waals surface area (Å²) in [5, 5.41) is 34.5. The van der Waals surface area contributed by atoms with Crippen molar-refractivity contribution in [2.75, 3.05) is 33.2 Å². The molecule has 1 amide bonds. The van der Waals surface area contributed by atoms with E-state index in [9.17, 15) is 15.5 Å². The van der Waals surface area contributed by atoms with Crippen LogP contribution in [0.15, 0.2) is 108 Å². The maximum Gasteiger partial charge on any atom is 0.254 e. The zero-order chi connectivity index (χ0) is 45.3. The second-order valence-electron chi connectivity index (χ2n) is 17.1. The molecule has 13 nitrogen and oxygen atoms in total. The van der Waals surface area contributed by atoms with Gasteiger partial charge in [-0.05, 0) is 129 Å². The second kappa shape index (κ2) is 20.7. The molecular formula is C52H58N4O9. The number of aromatic nitrogens is 1. The standard InChI is InChI=1S/C52H58N4O9/c1-4-25-63-52-48(56(51(59)37-18-15-35(30-53)16-19-37)31-36-17-21-46-47(26-36)62-33-61-46)29-44(55-64-5-2)42-27-38(12-6-8-23-57)41(14-7-9-24-58)49(50(42)52)43-28-40(20-22-45(43)65-52)60-32-39-13-10-11-34(3)54-39/h4,10-11,13,15-22,26-28,38,41,48-50,57-58H,1,5-9,12,14,23-25,29,31-33H2,2-3H3. The highest BCUT2D eigenvalue weighted by Crippen LogP contribution is 2.62. The highest BCUT2D eigenvalue weighted by molar-refractivity contribution is 6.03. The fraction of sp³-hybridized carbons (Fsp3) is 0.423. The van der Waals surface area contributed by atoms with Gasteiger partial charge in [0.15, 0.2) is 11.5 Å². The van der Waals surface area contributed by atoms with Crippen LogP contribution in [0.4, 0.5) is 0 Å². The normalized spacial score (nSPS) is 23.0. The molecule has 6 atom stereocenters. The summed E-state index contributed by atoms with van der Waals surface area (Å²) in [7, 11) is 0. The fourth-order valence-electron chi connectivity index (χ4n) is 10.1. The van der Waals surface area contributed by atoms with Crippen molar-refractivity contribution < 1.29 is 43.5 Å². The number of fused-ring (bicyclic) bond motifs is 3. The number of aliphatic hydroxyl groups excluding tert-OH is 2. The maximum absolute atomic E-state index is 15.4. The van der Waals surface area contributed by atoms with Crippen LogP contribution < -0.4 is 18.9 Å². The molecule has 1 saturated carbocycles. The van der Waals surface area contributed by atoms with Crippen LogP contribution >= 0.6 is 0 Å². The highest BCUT2D eigenvalue weighted by atomic mass is 16.7. The van der Waals surface area contributed by atoms with Gasteiger partial charge in [-0.1, -0.05) is 42.3 Å². The van der Waals surface area contributed by atoms with Crippen molar-refractivity contribution in [2.24, 2.45) is 22.9 Å². The number of allylic oxidation sites excluding steroid dienone is 1. The van der Waals surface area contributed by atoms with E-state index in [0.29, 0.717) is 59.3 Å². The summed E-state index contributed by atoms with van der Waals surface area (Å²) in [6.07, 6.45) is 8.77. The number of aliphatic hydroxyl groups is 2. The number of hydrogen-bond donors (Lipinski definition) is 2. The largest absolute Gasteiger partial charge is 0.487 e. The predicted octanol–water partition coefficient (Wildman–Crippen LogP) is 8.57. The molecule has 2 aliphatic heterocycles. The molecule has 2 N–H and O–H groups in total. The van der Waals surface area contributed by atoms with Crippen molar-refractivity contribution in [1.82, 2.24) is 9.88 Å². The number of aryl methyl sites for hydroxylation is 1. The van der Waals surface area contributed by atoms with E-state index in [1.165, 1.54) is 0 Å². The third-order valence-corrected chi connectivity index (χ3v) is 13.0. The molecule has 1 aromatic heterocycles. The first-order valence-corrected chi connectivity index (χ1v) is 22.8. The van der Waals surface area contributed by atoms with E-state index < -0.39 is 17.7 Å². The van der Waals surface area contributed by atoms with E-state index in [1.807, 2.05) is 67.3 Å². The molecule has 13 heteroatoms. The van der Waals surface area contributed by atoms with Gasteiger partial charge in [0.1, 0.15) is 30.8 Å². The number of benzene rings is 3. The third-order valence-electron chi connectivity index (χ3n) is 13.0. The van der Waals surface area contributed by atoms with Crippen LogP contribution in [0, 0.1) is 36.0 Å². The summed E-state index contributed by atoms with van der Waals surface area (Å²) in [6, 6.07) is 25.5. The molecule has 8 rings (SSSR count). The van der Waals surface area contributed by atoms with E-state index in [0.717, 1.165) is 53.8 Å². The topological polar surface area (TPSA) is 165 Å². The number of rotatable bonds is 20. The molecule has 0 bridgehead atoms. The molecule has 65 heavy (non-hydrogen) atoms. The van der Waals surface area contributed by atoms with Gasteiger partial charge in [-0.15, -0.1) is 6.58 Å². The lowest BCUT2D eigenvalue weighted by Crippen LogP contribution is -2.70. The Kier molecular flexibility index (Phi) is 14.5. The highest BCUT2D eigenvalue weighted by Gasteiger charge is 2.65. The summed E-state index contributed by atoms with van der Waals surface area (Å²) < 4.78 is 32.6. The van der Waals surface area contributed by atoms with Crippen LogP contribution in [0.3, 0.4) is 0 Å². The minimum atomic E-state index is -1.49. The van der Waals surface area contributed by atoms with Crippen molar-refractivity contribution in [2.45, 2.75) is 89.7 Å². The lowest BCUT2D eigenvalue weighted by Gasteiger charge is -2.60. The van der Waals surface area contributed by atoms with Crippen molar-refractivity contribution >= 4 is 11.6 Å². The van der Waals surface area contributed by atoms with E-state index in [4.69, 9.17) is 33.7 Å². The molecule has 0 saturated heterocycles. The number of hydrogen-bond acceptors (Lipinski definition) is 12. The average molecular weight is 883 g/mol. The van der Waals surface area contributed by atoms with Crippen LogP contribution in [-0.2, 0) is 22.7 Å². The molecular weight excluding hydrogens is 825 g/mol. The molecule has 0 radical (unpaired) electrons. The van der Waals surface area contributed by atoms with Gasteiger partial charge in [0.25, 0.3) is 5.91 Å². The Bertz CT molecular complexity index is 2430. The van der Waals surface area contributed by atoms with E-state index in [1.54, 1.807) is 30.3 Å². The van der Waals surface area contributed by atoms with Gasteiger partial charge in [0, 0.05) is 48.9 Å². The van der Waals surface area contributed by atoms with Gasteiger partial charge in [0.2, 0.25) is 12.6 Å². The van der Waals surface area contributed by atoms with E-state index in [-0.39, 0.29) is 69.8 Å². The number of carbonyl (C=O) groups is 1. The van der Waals surface area contributed by atoms with Crippen LogP contribution in [0.5, 0.6) is 23.0 Å². The molecule has 3 aromatic carbocycles. The van der Waals surface area contributed by atoms with Crippen molar-refractivity contribution in [3.8, 4) is 29.1 Å². The molecule has 3 heterocycles. The van der Waals surface area contributed by atoms with E-state index >= 15 is 4.79 Å². The van der Waals surface area contributed by atoms with Crippen LogP contribution in [-0.4, -0.2) is 76.8 Å². The zero-order valence-electron chi connectivity index (χ0n) is 37.2. The lowest BCUT2D eigenvalue weighted by molar-refractivity contribution is -0.255. The van der Waals surface area contributed by atoms with E-state index in [2.05, 4.69) is 29.8 Å². The van der Waals surface area contributed by atoms with Crippen LogP contribution in [0.2, 0.25) is 0 Å². The molecule has 2 aliphatic carbocycles. The zero-order valence-corrected chi connectivity index (χ0v) is 37.2. The Labute approximate surface area is 380 Å². The molecule has 4 aliphatic rings. The van der Waals surface area contributed by atoms with Crippen LogP contribution in [0.1, 0.15) is 96.2 Å². The first-order valence-electron chi connectivity index (χ1n) is 22.8. The Morgan fingerprint density at radius 1 is 1.00 bits per heavy atom. The summed E-state index contributed by atoms with van der Waals surface area (Å²) in [5.74, 6) is 0.0457. The molecule has 6 unspecified atom stereocenters. The van der Waals surface area contributed by atoms with Crippen LogP contribution in [0.25, 0.3) is 0 Å².